The molecule has 2 rings (SSSR count). The summed E-state index contributed by atoms with van der Waals surface area (Å²) >= 11 is 3.23. The highest BCUT2D eigenvalue weighted by molar-refractivity contribution is 9.10. The molecule has 1 unspecified atom stereocenters. The molecule has 98 valence electrons. The topological polar surface area (TPSA) is 55.2 Å². The molecule has 1 aromatic rings. The lowest BCUT2D eigenvalue weighted by atomic mass is 9.81. The number of anilines is 1. The first-order valence-electron chi connectivity index (χ1n) is 6.26. The van der Waals surface area contributed by atoms with Gasteiger partial charge < -0.3 is 5.32 Å². The highest BCUT2D eigenvalue weighted by Gasteiger charge is 2.20. The molecule has 1 saturated carbocycles. The maximum Gasteiger partial charge on any atom is 0.283 e. The average Bonchev–Trinajstić information content (AvgIpc) is 2.23. The van der Waals surface area contributed by atoms with E-state index in [9.17, 15) is 10.1 Å². The van der Waals surface area contributed by atoms with Crippen molar-refractivity contribution in [3.8, 4) is 0 Å². The molecule has 0 spiro atoms. The fraction of sp³-hybridized carbons (Fsp3) is 0.538. The summed E-state index contributed by atoms with van der Waals surface area (Å²) in [6.45, 7) is 2.16. The van der Waals surface area contributed by atoms with Crippen LogP contribution in [0.3, 0.4) is 0 Å². The van der Waals surface area contributed by atoms with E-state index in [0.717, 1.165) is 11.6 Å². The zero-order chi connectivity index (χ0) is 13.1. The van der Waals surface area contributed by atoms with E-state index in [1.165, 1.54) is 31.7 Å². The van der Waals surface area contributed by atoms with E-state index >= 15 is 0 Å². The molecule has 5 heteroatoms. The molecule has 1 aliphatic rings. The van der Waals surface area contributed by atoms with E-state index in [1.807, 2.05) is 0 Å². The minimum atomic E-state index is -0.383. The number of nitrogens with one attached hydrogen (secondary N) is 1. The van der Waals surface area contributed by atoms with Gasteiger partial charge >= 0.3 is 0 Å². The number of nitro groups is 1. The van der Waals surface area contributed by atoms with Crippen LogP contribution >= 0.6 is 15.9 Å². The summed E-state index contributed by atoms with van der Waals surface area (Å²) in [7, 11) is 0. The fourth-order valence-corrected chi connectivity index (χ4v) is 2.84. The third-order valence-electron chi connectivity index (χ3n) is 3.47. The van der Waals surface area contributed by atoms with E-state index in [4.69, 9.17) is 0 Å². The van der Waals surface area contributed by atoms with Crippen molar-refractivity contribution in [2.45, 2.75) is 38.6 Å². The second-order valence-corrected chi connectivity index (χ2v) is 5.86. The molecular weight excluding hydrogens is 296 g/mol. The third-order valence-corrected chi connectivity index (χ3v) is 4.10. The maximum absolute atomic E-state index is 10.7. The number of hydrogen-bond donors (Lipinski definition) is 1. The van der Waals surface area contributed by atoms with Gasteiger partial charge in [0.2, 0.25) is 0 Å². The first-order valence-corrected chi connectivity index (χ1v) is 7.06. The molecule has 0 bridgehead atoms. The van der Waals surface area contributed by atoms with Crippen molar-refractivity contribution < 1.29 is 4.92 Å². The van der Waals surface area contributed by atoms with Crippen LogP contribution in [0.25, 0.3) is 0 Å². The monoisotopic (exact) mass is 312 g/mol. The summed E-state index contributed by atoms with van der Waals surface area (Å²) in [6.07, 6.45) is 5.22. The predicted molar refractivity (Wildman–Crippen MR) is 75.8 cm³/mol. The molecule has 1 N–H and O–H groups in total. The van der Waals surface area contributed by atoms with Gasteiger partial charge in [0, 0.05) is 17.8 Å². The van der Waals surface area contributed by atoms with E-state index in [-0.39, 0.29) is 10.6 Å². The summed E-state index contributed by atoms with van der Waals surface area (Å²) in [5.41, 5.74) is 1.03. The van der Waals surface area contributed by atoms with Gasteiger partial charge in [0.15, 0.2) is 0 Å². The molecule has 0 heterocycles. The summed E-state index contributed by atoms with van der Waals surface area (Å²) in [5, 5.41) is 14.1. The summed E-state index contributed by atoms with van der Waals surface area (Å²) in [6, 6.07) is 5.47. The van der Waals surface area contributed by atoms with Crippen molar-refractivity contribution in [1.29, 1.82) is 0 Å². The molecule has 0 amide bonds. The summed E-state index contributed by atoms with van der Waals surface area (Å²) in [4.78, 5) is 10.3. The van der Waals surface area contributed by atoms with Crippen molar-refractivity contribution in [2.75, 3.05) is 5.32 Å². The smallest absolute Gasteiger partial charge is 0.283 e. The van der Waals surface area contributed by atoms with Crippen molar-refractivity contribution >= 4 is 27.3 Å². The molecule has 18 heavy (non-hydrogen) atoms. The first-order chi connectivity index (χ1) is 8.56. The summed E-state index contributed by atoms with van der Waals surface area (Å²) < 4.78 is 0.522. The lowest BCUT2D eigenvalue weighted by Gasteiger charge is -2.28. The maximum atomic E-state index is 10.7. The Kier molecular flexibility index (Phi) is 4.22. The van der Waals surface area contributed by atoms with Gasteiger partial charge in [-0.25, -0.2) is 0 Å². The van der Waals surface area contributed by atoms with Crippen LogP contribution in [-0.2, 0) is 0 Å². The first kappa shape index (κ1) is 13.3. The van der Waals surface area contributed by atoms with Gasteiger partial charge in [-0.1, -0.05) is 19.3 Å². The van der Waals surface area contributed by atoms with Crippen LogP contribution in [0, 0.1) is 16.0 Å². The lowest BCUT2D eigenvalue weighted by Crippen LogP contribution is -2.23. The Morgan fingerprint density at radius 1 is 1.56 bits per heavy atom. The Hall–Kier alpha value is -1.10. The van der Waals surface area contributed by atoms with Crippen molar-refractivity contribution in [1.82, 2.24) is 0 Å². The van der Waals surface area contributed by atoms with E-state index in [1.54, 1.807) is 12.1 Å². The average molecular weight is 313 g/mol. The molecule has 1 aromatic carbocycles. The molecule has 0 aliphatic heterocycles. The van der Waals surface area contributed by atoms with Crippen LogP contribution in [0.2, 0.25) is 0 Å². The Balaban J connectivity index is 1.96. The second kappa shape index (κ2) is 5.69. The van der Waals surface area contributed by atoms with Crippen LogP contribution in [0.5, 0.6) is 0 Å². The lowest BCUT2D eigenvalue weighted by molar-refractivity contribution is -0.385. The number of halogens is 1. The molecular formula is C13H17BrN2O2. The van der Waals surface area contributed by atoms with Crippen molar-refractivity contribution in [3.05, 3.63) is 32.8 Å². The van der Waals surface area contributed by atoms with Crippen molar-refractivity contribution in [2.24, 2.45) is 5.92 Å². The van der Waals surface area contributed by atoms with Crippen LogP contribution in [0.15, 0.2) is 22.7 Å². The van der Waals surface area contributed by atoms with E-state index < -0.39 is 0 Å². The molecule has 0 radical (unpaired) electrons. The minimum Gasteiger partial charge on any atom is -0.383 e. The van der Waals surface area contributed by atoms with Gasteiger partial charge in [0.1, 0.15) is 0 Å². The quantitative estimate of drug-likeness (QED) is 0.649. The second-order valence-electron chi connectivity index (χ2n) is 5.00. The number of rotatable bonds is 5. The normalized spacial score (nSPS) is 17.0. The van der Waals surface area contributed by atoms with Crippen LogP contribution < -0.4 is 5.32 Å². The number of benzene rings is 1. The highest BCUT2D eigenvalue weighted by atomic mass is 79.9. The highest BCUT2D eigenvalue weighted by Crippen LogP contribution is 2.32. The van der Waals surface area contributed by atoms with E-state index in [0.29, 0.717) is 10.5 Å². The minimum absolute atomic E-state index is 0.104. The molecule has 1 aliphatic carbocycles. The largest absolute Gasteiger partial charge is 0.383 e. The van der Waals surface area contributed by atoms with Crippen LogP contribution in [0.1, 0.15) is 32.6 Å². The molecule has 1 fully saturated rings. The van der Waals surface area contributed by atoms with Gasteiger partial charge in [0.05, 0.1) is 9.40 Å². The zero-order valence-corrected chi connectivity index (χ0v) is 11.9. The van der Waals surface area contributed by atoms with Gasteiger partial charge in [-0.3, -0.25) is 10.1 Å². The SMILES string of the molecule is CC(CC1CCC1)Nc1ccc([N+](=O)[O-])c(Br)c1. The Morgan fingerprint density at radius 2 is 2.28 bits per heavy atom. The Labute approximate surface area is 115 Å². The Bertz CT molecular complexity index is 447. The standard InChI is InChI=1S/C13H17BrN2O2/c1-9(7-10-3-2-4-10)15-11-5-6-13(16(17)18)12(14)8-11/h5-6,8-10,15H,2-4,7H2,1H3. The van der Waals surface area contributed by atoms with Crippen molar-refractivity contribution in [3.63, 3.8) is 0 Å². The van der Waals surface area contributed by atoms with Gasteiger partial charge in [0.25, 0.3) is 5.69 Å². The fourth-order valence-electron chi connectivity index (χ4n) is 2.32. The van der Waals surface area contributed by atoms with Crippen LogP contribution in [-0.4, -0.2) is 11.0 Å². The van der Waals surface area contributed by atoms with Crippen LogP contribution in [0.4, 0.5) is 11.4 Å². The molecule has 4 nitrogen and oxygen atoms in total. The van der Waals surface area contributed by atoms with Gasteiger partial charge in [-0.15, -0.1) is 0 Å². The van der Waals surface area contributed by atoms with Gasteiger partial charge in [-0.2, -0.15) is 0 Å². The van der Waals surface area contributed by atoms with E-state index in [2.05, 4.69) is 28.2 Å². The molecule has 0 aromatic heterocycles. The third kappa shape index (κ3) is 3.22. The number of nitro benzene ring substituents is 1. The zero-order valence-electron chi connectivity index (χ0n) is 10.4. The molecule has 1 atom stereocenters. The number of nitrogens with zero attached hydrogens (tertiary/aromatic N) is 1. The van der Waals surface area contributed by atoms with Gasteiger partial charge in [-0.05, 0) is 47.3 Å². The predicted octanol–water partition coefficient (Wildman–Crippen LogP) is 4.35. The Morgan fingerprint density at radius 3 is 2.78 bits per heavy atom. The molecule has 0 saturated heterocycles. The summed E-state index contributed by atoms with van der Waals surface area (Å²) in [5.74, 6) is 0.856. The number of hydrogen-bond acceptors (Lipinski definition) is 3.